The molecule has 0 aliphatic heterocycles. The van der Waals surface area contributed by atoms with Gasteiger partial charge in [-0.25, -0.2) is 4.98 Å². The summed E-state index contributed by atoms with van der Waals surface area (Å²) in [5.74, 6) is 0.338. The number of aromatic amines is 1. The molecule has 0 spiro atoms. The third-order valence-corrected chi connectivity index (χ3v) is 2.82. The van der Waals surface area contributed by atoms with Gasteiger partial charge in [-0.1, -0.05) is 25.6 Å². The maximum atomic E-state index is 12.1. The highest BCUT2D eigenvalue weighted by Crippen LogP contribution is 2.11. The van der Waals surface area contributed by atoms with Crippen LogP contribution in [0.1, 0.15) is 25.6 Å². The number of aromatic nitrogens is 2. The van der Waals surface area contributed by atoms with Crippen molar-refractivity contribution in [3.8, 4) is 0 Å². The fourth-order valence-electron chi connectivity index (χ4n) is 1.63. The Morgan fingerprint density at radius 1 is 1.71 bits per heavy atom. The van der Waals surface area contributed by atoms with E-state index in [9.17, 15) is 4.79 Å². The first kappa shape index (κ1) is 13.6. The van der Waals surface area contributed by atoms with Crippen LogP contribution in [0.4, 0.5) is 0 Å². The molecule has 0 saturated carbocycles. The quantitative estimate of drug-likeness (QED) is 0.745. The molecule has 0 aromatic carbocycles. The van der Waals surface area contributed by atoms with Crippen molar-refractivity contribution in [1.82, 2.24) is 14.9 Å². The molecule has 6 heteroatoms. The summed E-state index contributed by atoms with van der Waals surface area (Å²) in [7, 11) is 1.73. The lowest BCUT2D eigenvalue weighted by Gasteiger charge is -2.22. The monoisotopic (exact) mass is 254 g/mol. The second kappa shape index (κ2) is 6.34. The van der Waals surface area contributed by atoms with E-state index < -0.39 is 0 Å². The summed E-state index contributed by atoms with van der Waals surface area (Å²) >= 11 is 4.93. The van der Waals surface area contributed by atoms with Gasteiger partial charge in [0.25, 0.3) is 0 Å². The zero-order chi connectivity index (χ0) is 12.8. The number of carbonyl (C=O) groups excluding carboxylic acids is 1. The summed E-state index contributed by atoms with van der Waals surface area (Å²) in [6.07, 6.45) is 4.95. The SMILES string of the molecule is CCCC(C(=O)N(C)Cc1ncc[nH]1)C(N)=S. The van der Waals surface area contributed by atoms with Crippen LogP contribution in [0.2, 0.25) is 0 Å². The molecule has 3 N–H and O–H groups in total. The molecule has 0 aliphatic carbocycles. The number of imidazole rings is 1. The van der Waals surface area contributed by atoms with Gasteiger partial charge in [0.15, 0.2) is 0 Å². The van der Waals surface area contributed by atoms with Crippen LogP contribution in [-0.2, 0) is 11.3 Å². The molecule has 1 rings (SSSR count). The molecule has 94 valence electrons. The van der Waals surface area contributed by atoms with Crippen molar-refractivity contribution in [3.05, 3.63) is 18.2 Å². The van der Waals surface area contributed by atoms with Gasteiger partial charge in [0.2, 0.25) is 5.91 Å². The van der Waals surface area contributed by atoms with Gasteiger partial charge in [-0.3, -0.25) is 4.79 Å². The summed E-state index contributed by atoms with van der Waals surface area (Å²) in [6.45, 7) is 2.44. The van der Waals surface area contributed by atoms with Gasteiger partial charge in [-0.15, -0.1) is 0 Å². The number of nitrogens with two attached hydrogens (primary N) is 1. The molecule has 17 heavy (non-hydrogen) atoms. The molecule has 1 aromatic rings. The van der Waals surface area contributed by atoms with E-state index in [1.54, 1.807) is 24.3 Å². The Kier molecular flexibility index (Phi) is 5.09. The van der Waals surface area contributed by atoms with Crippen LogP contribution in [0, 0.1) is 5.92 Å². The van der Waals surface area contributed by atoms with Crippen LogP contribution in [-0.4, -0.2) is 32.8 Å². The minimum Gasteiger partial charge on any atom is -0.393 e. The molecule has 1 amide bonds. The fourth-order valence-corrected chi connectivity index (χ4v) is 1.85. The van der Waals surface area contributed by atoms with Crippen LogP contribution < -0.4 is 5.73 Å². The minimum absolute atomic E-state index is 0.0456. The molecular formula is C11H18N4OS. The summed E-state index contributed by atoms with van der Waals surface area (Å²) in [5, 5.41) is 0. The van der Waals surface area contributed by atoms with Crippen molar-refractivity contribution in [2.45, 2.75) is 26.3 Å². The third-order valence-electron chi connectivity index (χ3n) is 2.54. The standard InChI is InChI=1S/C11H18N4OS/c1-3-4-8(10(12)17)11(16)15(2)7-9-13-5-6-14-9/h5-6,8H,3-4,7H2,1-2H3,(H2,12,17)(H,13,14). The molecule has 0 fully saturated rings. The van der Waals surface area contributed by atoms with E-state index in [2.05, 4.69) is 9.97 Å². The van der Waals surface area contributed by atoms with E-state index in [-0.39, 0.29) is 16.8 Å². The molecule has 0 aliphatic rings. The van der Waals surface area contributed by atoms with Crippen LogP contribution in [0.5, 0.6) is 0 Å². The highest BCUT2D eigenvalue weighted by molar-refractivity contribution is 7.80. The lowest BCUT2D eigenvalue weighted by Crippen LogP contribution is -2.38. The Labute approximate surface area is 106 Å². The van der Waals surface area contributed by atoms with Crippen molar-refractivity contribution in [3.63, 3.8) is 0 Å². The molecule has 1 aromatic heterocycles. The van der Waals surface area contributed by atoms with E-state index in [4.69, 9.17) is 18.0 Å². The first-order chi connectivity index (χ1) is 8.06. The average molecular weight is 254 g/mol. The van der Waals surface area contributed by atoms with Crippen LogP contribution in [0.3, 0.4) is 0 Å². The number of thiocarbonyl (C=S) groups is 1. The van der Waals surface area contributed by atoms with Crippen molar-refractivity contribution in [2.24, 2.45) is 11.7 Å². The third kappa shape index (κ3) is 3.81. The predicted molar refractivity (Wildman–Crippen MR) is 70.2 cm³/mol. The van der Waals surface area contributed by atoms with E-state index >= 15 is 0 Å². The zero-order valence-corrected chi connectivity index (χ0v) is 11.0. The fraction of sp³-hybridized carbons (Fsp3) is 0.545. The summed E-state index contributed by atoms with van der Waals surface area (Å²) in [6, 6.07) is 0. The molecule has 0 bridgehead atoms. The minimum atomic E-state index is -0.366. The maximum absolute atomic E-state index is 12.1. The van der Waals surface area contributed by atoms with Crippen LogP contribution in [0.25, 0.3) is 0 Å². The molecule has 0 saturated heterocycles. The summed E-state index contributed by atoms with van der Waals surface area (Å²) < 4.78 is 0. The van der Waals surface area contributed by atoms with Gasteiger partial charge < -0.3 is 15.6 Å². The largest absolute Gasteiger partial charge is 0.393 e. The van der Waals surface area contributed by atoms with E-state index in [0.717, 1.165) is 12.2 Å². The van der Waals surface area contributed by atoms with Crippen molar-refractivity contribution < 1.29 is 4.79 Å². The second-order valence-electron chi connectivity index (χ2n) is 3.97. The molecular weight excluding hydrogens is 236 g/mol. The predicted octanol–water partition coefficient (Wildman–Crippen LogP) is 1.07. The highest BCUT2D eigenvalue weighted by atomic mass is 32.1. The van der Waals surface area contributed by atoms with Crippen molar-refractivity contribution >= 4 is 23.1 Å². The van der Waals surface area contributed by atoms with Gasteiger partial charge >= 0.3 is 0 Å². The van der Waals surface area contributed by atoms with Crippen molar-refractivity contribution in [2.75, 3.05) is 7.05 Å². The van der Waals surface area contributed by atoms with Gasteiger partial charge in [0, 0.05) is 19.4 Å². The summed E-state index contributed by atoms with van der Waals surface area (Å²) in [4.78, 5) is 21.0. The normalized spacial score (nSPS) is 12.1. The van der Waals surface area contributed by atoms with E-state index in [0.29, 0.717) is 13.0 Å². The van der Waals surface area contributed by atoms with Crippen LogP contribution >= 0.6 is 12.2 Å². The molecule has 1 unspecified atom stereocenters. The number of amides is 1. The number of rotatable bonds is 6. The lowest BCUT2D eigenvalue weighted by atomic mass is 10.0. The number of H-pyrrole nitrogens is 1. The molecule has 5 nitrogen and oxygen atoms in total. The molecule has 1 heterocycles. The Morgan fingerprint density at radius 2 is 2.41 bits per heavy atom. The first-order valence-electron chi connectivity index (χ1n) is 5.58. The van der Waals surface area contributed by atoms with Gasteiger partial charge in [0.05, 0.1) is 17.5 Å². The average Bonchev–Trinajstić information content (AvgIpc) is 2.77. The van der Waals surface area contributed by atoms with E-state index in [1.165, 1.54) is 0 Å². The highest BCUT2D eigenvalue weighted by Gasteiger charge is 2.24. The number of nitrogens with one attached hydrogen (secondary N) is 1. The number of hydrogen-bond acceptors (Lipinski definition) is 3. The number of nitrogens with zero attached hydrogens (tertiary/aromatic N) is 2. The number of hydrogen-bond donors (Lipinski definition) is 2. The molecule has 0 radical (unpaired) electrons. The Hall–Kier alpha value is -1.43. The van der Waals surface area contributed by atoms with Gasteiger partial charge in [-0.05, 0) is 6.42 Å². The Bertz CT molecular complexity index is 377. The van der Waals surface area contributed by atoms with Gasteiger partial charge in [0.1, 0.15) is 5.82 Å². The second-order valence-corrected chi connectivity index (χ2v) is 4.45. The van der Waals surface area contributed by atoms with Gasteiger partial charge in [-0.2, -0.15) is 0 Å². The Balaban J connectivity index is 2.63. The zero-order valence-electron chi connectivity index (χ0n) is 10.1. The Morgan fingerprint density at radius 3 is 2.88 bits per heavy atom. The van der Waals surface area contributed by atoms with Crippen molar-refractivity contribution in [1.29, 1.82) is 0 Å². The maximum Gasteiger partial charge on any atom is 0.232 e. The number of carbonyl (C=O) groups is 1. The van der Waals surface area contributed by atoms with E-state index in [1.807, 2.05) is 6.92 Å². The summed E-state index contributed by atoms with van der Waals surface area (Å²) in [5.41, 5.74) is 5.60. The molecule has 1 atom stereocenters. The smallest absolute Gasteiger partial charge is 0.232 e. The van der Waals surface area contributed by atoms with Crippen LogP contribution in [0.15, 0.2) is 12.4 Å². The topological polar surface area (TPSA) is 75.0 Å². The lowest BCUT2D eigenvalue weighted by molar-refractivity contribution is -0.132. The first-order valence-corrected chi connectivity index (χ1v) is 5.99.